The van der Waals surface area contributed by atoms with E-state index >= 15 is 0 Å². The molecule has 4 heteroatoms. The number of ether oxygens (including phenoxy) is 1. The average Bonchev–Trinajstić information content (AvgIpc) is 2.21. The SMILES string of the molecule is CCC(C)(C)OC(=O)NC1CCC(N)CC1. The lowest BCUT2D eigenvalue weighted by atomic mass is 9.92. The van der Waals surface area contributed by atoms with Crippen molar-refractivity contribution in [1.82, 2.24) is 5.32 Å². The Morgan fingerprint density at radius 1 is 1.38 bits per heavy atom. The molecule has 1 fully saturated rings. The molecule has 0 aliphatic heterocycles. The van der Waals surface area contributed by atoms with Crippen LogP contribution in [-0.4, -0.2) is 23.8 Å². The van der Waals surface area contributed by atoms with Crippen LogP contribution < -0.4 is 11.1 Å². The summed E-state index contributed by atoms with van der Waals surface area (Å²) in [6, 6.07) is 0.543. The van der Waals surface area contributed by atoms with Crippen LogP contribution in [0.15, 0.2) is 0 Å². The molecular weight excluding hydrogens is 204 g/mol. The molecule has 0 aromatic carbocycles. The standard InChI is InChI=1S/C12H24N2O2/c1-4-12(2,3)16-11(15)14-10-7-5-9(13)6-8-10/h9-10H,4-8,13H2,1-3H3,(H,14,15). The van der Waals surface area contributed by atoms with E-state index in [0.717, 1.165) is 32.1 Å². The van der Waals surface area contributed by atoms with Crippen LogP contribution in [0.4, 0.5) is 4.79 Å². The molecule has 0 atom stereocenters. The average molecular weight is 228 g/mol. The van der Waals surface area contributed by atoms with Gasteiger partial charge in [-0.05, 0) is 46.0 Å². The van der Waals surface area contributed by atoms with Crippen molar-refractivity contribution in [3.05, 3.63) is 0 Å². The number of nitrogens with two attached hydrogens (primary N) is 1. The normalized spacial score (nSPS) is 26.2. The van der Waals surface area contributed by atoms with Gasteiger partial charge in [0.25, 0.3) is 0 Å². The maximum Gasteiger partial charge on any atom is 0.407 e. The van der Waals surface area contributed by atoms with E-state index in [4.69, 9.17) is 10.5 Å². The molecule has 1 amide bonds. The first-order chi connectivity index (χ1) is 7.43. The fourth-order valence-corrected chi connectivity index (χ4v) is 1.78. The van der Waals surface area contributed by atoms with Crippen LogP contribution >= 0.6 is 0 Å². The number of rotatable bonds is 3. The Kier molecular flexibility index (Phi) is 4.59. The van der Waals surface area contributed by atoms with Crippen molar-refractivity contribution < 1.29 is 9.53 Å². The van der Waals surface area contributed by atoms with Gasteiger partial charge >= 0.3 is 6.09 Å². The van der Waals surface area contributed by atoms with Crippen LogP contribution in [0.2, 0.25) is 0 Å². The lowest BCUT2D eigenvalue weighted by Gasteiger charge is -2.29. The maximum absolute atomic E-state index is 11.6. The van der Waals surface area contributed by atoms with Crippen LogP contribution in [0.1, 0.15) is 52.9 Å². The number of amides is 1. The molecule has 16 heavy (non-hydrogen) atoms. The highest BCUT2D eigenvalue weighted by Crippen LogP contribution is 2.18. The van der Waals surface area contributed by atoms with Crippen molar-refractivity contribution in [3.63, 3.8) is 0 Å². The van der Waals surface area contributed by atoms with Gasteiger partial charge in [-0.3, -0.25) is 0 Å². The fourth-order valence-electron chi connectivity index (χ4n) is 1.78. The molecular formula is C12H24N2O2. The molecule has 0 bridgehead atoms. The Bertz CT molecular complexity index is 233. The molecule has 3 N–H and O–H groups in total. The van der Waals surface area contributed by atoms with Gasteiger partial charge in [-0.1, -0.05) is 6.92 Å². The second-order valence-electron chi connectivity index (χ2n) is 5.26. The van der Waals surface area contributed by atoms with E-state index in [1.54, 1.807) is 0 Å². The lowest BCUT2D eigenvalue weighted by molar-refractivity contribution is 0.0332. The summed E-state index contributed by atoms with van der Waals surface area (Å²) in [7, 11) is 0. The molecule has 0 heterocycles. The highest BCUT2D eigenvalue weighted by atomic mass is 16.6. The molecule has 0 spiro atoms. The van der Waals surface area contributed by atoms with Crippen molar-refractivity contribution in [2.75, 3.05) is 0 Å². The quantitative estimate of drug-likeness (QED) is 0.778. The molecule has 0 radical (unpaired) electrons. The summed E-state index contributed by atoms with van der Waals surface area (Å²) >= 11 is 0. The summed E-state index contributed by atoms with van der Waals surface area (Å²) < 4.78 is 5.34. The maximum atomic E-state index is 11.6. The zero-order valence-corrected chi connectivity index (χ0v) is 10.6. The molecule has 1 aliphatic carbocycles. The van der Waals surface area contributed by atoms with Crippen LogP contribution in [-0.2, 0) is 4.74 Å². The number of hydrogen-bond donors (Lipinski definition) is 2. The predicted octanol–water partition coefficient (Wildman–Crippen LogP) is 2.17. The van der Waals surface area contributed by atoms with Crippen molar-refractivity contribution in [2.45, 2.75) is 70.6 Å². The molecule has 0 unspecified atom stereocenters. The minimum atomic E-state index is -0.380. The van der Waals surface area contributed by atoms with Crippen molar-refractivity contribution in [1.29, 1.82) is 0 Å². The first-order valence-electron chi connectivity index (χ1n) is 6.18. The first-order valence-corrected chi connectivity index (χ1v) is 6.18. The predicted molar refractivity (Wildman–Crippen MR) is 64.2 cm³/mol. The Morgan fingerprint density at radius 3 is 2.44 bits per heavy atom. The monoisotopic (exact) mass is 228 g/mol. The first kappa shape index (κ1) is 13.3. The summed E-state index contributed by atoms with van der Waals surface area (Å²) in [5.41, 5.74) is 5.43. The topological polar surface area (TPSA) is 64.3 Å². The Hall–Kier alpha value is -0.770. The third kappa shape index (κ3) is 4.39. The van der Waals surface area contributed by atoms with Gasteiger partial charge in [0.05, 0.1) is 0 Å². The Labute approximate surface area is 97.9 Å². The molecule has 1 saturated carbocycles. The van der Waals surface area contributed by atoms with E-state index in [1.807, 2.05) is 20.8 Å². The van der Waals surface area contributed by atoms with Crippen molar-refractivity contribution in [3.8, 4) is 0 Å². The smallest absolute Gasteiger partial charge is 0.407 e. The molecule has 1 rings (SSSR count). The van der Waals surface area contributed by atoms with Crippen molar-refractivity contribution >= 4 is 6.09 Å². The van der Waals surface area contributed by atoms with Gasteiger partial charge in [-0.2, -0.15) is 0 Å². The van der Waals surface area contributed by atoms with Crippen LogP contribution in [0.3, 0.4) is 0 Å². The minimum Gasteiger partial charge on any atom is -0.444 e. The van der Waals surface area contributed by atoms with Gasteiger partial charge in [0.1, 0.15) is 5.60 Å². The summed E-state index contributed by atoms with van der Waals surface area (Å²) in [6.45, 7) is 5.85. The zero-order valence-electron chi connectivity index (χ0n) is 10.6. The zero-order chi connectivity index (χ0) is 12.2. The van der Waals surface area contributed by atoms with Gasteiger partial charge in [0.15, 0.2) is 0 Å². The highest BCUT2D eigenvalue weighted by Gasteiger charge is 2.24. The third-order valence-electron chi connectivity index (χ3n) is 3.31. The largest absolute Gasteiger partial charge is 0.444 e. The lowest BCUT2D eigenvalue weighted by Crippen LogP contribution is -2.43. The molecule has 0 aromatic rings. The molecule has 0 aromatic heterocycles. The van der Waals surface area contributed by atoms with E-state index in [0.29, 0.717) is 6.04 Å². The summed E-state index contributed by atoms with van der Waals surface area (Å²) in [5, 5.41) is 2.91. The van der Waals surface area contributed by atoms with E-state index < -0.39 is 0 Å². The molecule has 0 saturated heterocycles. The number of nitrogens with one attached hydrogen (secondary N) is 1. The summed E-state index contributed by atoms with van der Waals surface area (Å²) in [5.74, 6) is 0. The minimum absolute atomic E-state index is 0.236. The Balaban J connectivity index is 2.29. The van der Waals surface area contributed by atoms with E-state index in [-0.39, 0.29) is 17.7 Å². The third-order valence-corrected chi connectivity index (χ3v) is 3.31. The van der Waals surface area contributed by atoms with Gasteiger partial charge < -0.3 is 15.8 Å². The van der Waals surface area contributed by atoms with Gasteiger partial charge in [-0.25, -0.2) is 4.79 Å². The fraction of sp³-hybridized carbons (Fsp3) is 0.917. The second-order valence-corrected chi connectivity index (χ2v) is 5.26. The number of alkyl carbamates (subject to hydrolysis) is 1. The second kappa shape index (κ2) is 5.53. The molecule has 4 nitrogen and oxygen atoms in total. The highest BCUT2D eigenvalue weighted by molar-refractivity contribution is 5.68. The van der Waals surface area contributed by atoms with Crippen LogP contribution in [0, 0.1) is 0 Å². The summed E-state index contributed by atoms with van der Waals surface area (Å²) in [4.78, 5) is 11.6. The number of carbonyl (C=O) groups is 1. The molecule has 1 aliphatic rings. The van der Waals surface area contributed by atoms with Gasteiger partial charge in [-0.15, -0.1) is 0 Å². The Morgan fingerprint density at radius 2 is 1.94 bits per heavy atom. The number of hydrogen-bond acceptors (Lipinski definition) is 3. The van der Waals surface area contributed by atoms with Crippen LogP contribution in [0.5, 0.6) is 0 Å². The summed E-state index contributed by atoms with van der Waals surface area (Å²) in [6.07, 6.45) is 4.42. The van der Waals surface area contributed by atoms with E-state index in [1.165, 1.54) is 0 Å². The van der Waals surface area contributed by atoms with Crippen molar-refractivity contribution in [2.24, 2.45) is 5.73 Å². The number of carbonyl (C=O) groups excluding carboxylic acids is 1. The van der Waals surface area contributed by atoms with E-state index in [9.17, 15) is 4.79 Å². The van der Waals surface area contributed by atoms with E-state index in [2.05, 4.69) is 5.32 Å². The molecule has 94 valence electrons. The van der Waals surface area contributed by atoms with Gasteiger partial charge in [0.2, 0.25) is 0 Å². The van der Waals surface area contributed by atoms with Gasteiger partial charge in [0, 0.05) is 12.1 Å². The van der Waals surface area contributed by atoms with Crippen LogP contribution in [0.25, 0.3) is 0 Å².